The predicted octanol–water partition coefficient (Wildman–Crippen LogP) is 0.727. The maximum absolute atomic E-state index is 11.8. The van der Waals surface area contributed by atoms with Crippen LogP contribution in [0.15, 0.2) is 0 Å². The van der Waals surface area contributed by atoms with Crippen molar-refractivity contribution < 1.29 is 4.79 Å². The molecule has 0 aromatic heterocycles. The molecular formula is C13H25N3O. The summed E-state index contributed by atoms with van der Waals surface area (Å²) < 4.78 is 0. The maximum Gasteiger partial charge on any atom is 0.237 e. The third-order valence-corrected chi connectivity index (χ3v) is 3.58. The van der Waals surface area contributed by atoms with Gasteiger partial charge in [0.1, 0.15) is 0 Å². The van der Waals surface area contributed by atoms with Crippen LogP contribution >= 0.6 is 0 Å². The summed E-state index contributed by atoms with van der Waals surface area (Å²) in [6.45, 7) is 7.61. The summed E-state index contributed by atoms with van der Waals surface area (Å²) in [5.74, 6) is 0.153. The standard InChI is InChI=1S/C13H25N3O/c1-10(9-16-7-3-4-8-16)14-11(2)13(17)15-12-5-6-12/h10-12,14H,3-9H2,1-2H3,(H,15,17). The van der Waals surface area contributed by atoms with Crippen LogP contribution in [0.1, 0.15) is 39.5 Å². The number of carbonyl (C=O) groups is 1. The molecule has 17 heavy (non-hydrogen) atoms. The van der Waals surface area contributed by atoms with Crippen molar-refractivity contribution >= 4 is 5.91 Å². The third kappa shape index (κ3) is 4.28. The molecule has 0 aromatic carbocycles. The second-order valence-corrected chi connectivity index (χ2v) is 5.58. The molecule has 1 aliphatic carbocycles. The zero-order valence-corrected chi connectivity index (χ0v) is 11.0. The van der Waals surface area contributed by atoms with Gasteiger partial charge in [0.15, 0.2) is 0 Å². The first-order valence-corrected chi connectivity index (χ1v) is 6.94. The van der Waals surface area contributed by atoms with Crippen LogP contribution in [0.2, 0.25) is 0 Å². The molecule has 2 aliphatic rings. The van der Waals surface area contributed by atoms with Crippen LogP contribution in [-0.4, -0.2) is 48.6 Å². The molecule has 1 saturated heterocycles. The highest BCUT2D eigenvalue weighted by Crippen LogP contribution is 2.18. The van der Waals surface area contributed by atoms with E-state index in [0.29, 0.717) is 12.1 Å². The lowest BCUT2D eigenvalue weighted by atomic mass is 10.2. The van der Waals surface area contributed by atoms with Crippen LogP contribution < -0.4 is 10.6 Å². The van der Waals surface area contributed by atoms with E-state index in [9.17, 15) is 4.79 Å². The van der Waals surface area contributed by atoms with Crippen molar-refractivity contribution in [2.75, 3.05) is 19.6 Å². The van der Waals surface area contributed by atoms with Gasteiger partial charge in [0.05, 0.1) is 6.04 Å². The summed E-state index contributed by atoms with van der Waals surface area (Å²) in [4.78, 5) is 14.3. The first-order chi connectivity index (χ1) is 8.15. The molecule has 98 valence electrons. The highest BCUT2D eigenvalue weighted by molar-refractivity contribution is 5.81. The number of nitrogens with one attached hydrogen (secondary N) is 2. The van der Waals surface area contributed by atoms with Gasteiger partial charge in [-0.2, -0.15) is 0 Å². The van der Waals surface area contributed by atoms with Crippen molar-refractivity contribution in [1.29, 1.82) is 0 Å². The molecule has 1 saturated carbocycles. The maximum atomic E-state index is 11.8. The minimum atomic E-state index is -0.0757. The number of likely N-dealkylation sites (tertiary alicyclic amines) is 1. The Morgan fingerprint density at radius 3 is 2.53 bits per heavy atom. The monoisotopic (exact) mass is 239 g/mol. The van der Waals surface area contributed by atoms with Gasteiger partial charge in [0, 0.05) is 18.6 Å². The Morgan fingerprint density at radius 2 is 1.94 bits per heavy atom. The van der Waals surface area contributed by atoms with Crippen molar-refractivity contribution in [3.63, 3.8) is 0 Å². The number of amides is 1. The highest BCUT2D eigenvalue weighted by Gasteiger charge is 2.26. The van der Waals surface area contributed by atoms with Gasteiger partial charge in [-0.3, -0.25) is 4.79 Å². The third-order valence-electron chi connectivity index (χ3n) is 3.58. The Balaban J connectivity index is 1.65. The molecule has 1 amide bonds. The fourth-order valence-corrected chi connectivity index (χ4v) is 2.46. The highest BCUT2D eigenvalue weighted by atomic mass is 16.2. The quantitative estimate of drug-likeness (QED) is 0.718. The summed E-state index contributed by atoms with van der Waals surface area (Å²) in [6.07, 6.45) is 4.96. The molecule has 2 unspecified atom stereocenters. The number of hydrogen-bond donors (Lipinski definition) is 2. The van der Waals surface area contributed by atoms with E-state index < -0.39 is 0 Å². The van der Waals surface area contributed by atoms with Crippen LogP contribution in [0.4, 0.5) is 0 Å². The Labute approximate surface area is 104 Å². The van der Waals surface area contributed by atoms with Gasteiger partial charge in [0.25, 0.3) is 0 Å². The molecule has 0 spiro atoms. The summed E-state index contributed by atoms with van der Waals surface area (Å²) in [5.41, 5.74) is 0. The van der Waals surface area contributed by atoms with Crippen molar-refractivity contribution in [1.82, 2.24) is 15.5 Å². The minimum absolute atomic E-state index is 0.0757. The second-order valence-electron chi connectivity index (χ2n) is 5.58. The molecule has 1 heterocycles. The van der Waals surface area contributed by atoms with E-state index in [0.717, 1.165) is 19.4 Å². The molecule has 0 radical (unpaired) electrons. The van der Waals surface area contributed by atoms with Gasteiger partial charge >= 0.3 is 0 Å². The molecule has 2 atom stereocenters. The lowest BCUT2D eigenvalue weighted by molar-refractivity contribution is -0.123. The fraction of sp³-hybridized carbons (Fsp3) is 0.923. The lowest BCUT2D eigenvalue weighted by Crippen LogP contribution is -2.49. The predicted molar refractivity (Wildman–Crippen MR) is 68.9 cm³/mol. The van der Waals surface area contributed by atoms with E-state index in [1.807, 2.05) is 6.92 Å². The molecule has 2 N–H and O–H groups in total. The summed E-state index contributed by atoms with van der Waals surface area (Å²) >= 11 is 0. The van der Waals surface area contributed by atoms with E-state index in [1.165, 1.54) is 25.9 Å². The summed E-state index contributed by atoms with van der Waals surface area (Å²) in [5, 5.41) is 6.42. The van der Waals surface area contributed by atoms with Gasteiger partial charge in [-0.05, 0) is 52.6 Å². The van der Waals surface area contributed by atoms with Crippen LogP contribution in [0, 0.1) is 0 Å². The van der Waals surface area contributed by atoms with E-state index >= 15 is 0 Å². The Kier molecular flexibility index (Phi) is 4.40. The van der Waals surface area contributed by atoms with Crippen LogP contribution in [0.3, 0.4) is 0 Å². The Hall–Kier alpha value is -0.610. The van der Waals surface area contributed by atoms with E-state index in [4.69, 9.17) is 0 Å². The fourth-order valence-electron chi connectivity index (χ4n) is 2.46. The SMILES string of the molecule is CC(CN1CCCC1)NC(C)C(=O)NC1CC1. The number of nitrogens with zero attached hydrogens (tertiary/aromatic N) is 1. The van der Waals surface area contributed by atoms with Crippen molar-refractivity contribution in [2.45, 2.75) is 57.7 Å². The molecule has 1 aliphatic heterocycles. The zero-order valence-electron chi connectivity index (χ0n) is 11.0. The molecule has 2 rings (SSSR count). The second kappa shape index (κ2) is 5.83. The number of carbonyl (C=O) groups excluding carboxylic acids is 1. The summed E-state index contributed by atoms with van der Waals surface area (Å²) in [7, 11) is 0. The topological polar surface area (TPSA) is 44.4 Å². The van der Waals surface area contributed by atoms with Crippen LogP contribution in [0.25, 0.3) is 0 Å². The van der Waals surface area contributed by atoms with E-state index in [1.54, 1.807) is 0 Å². The molecule has 4 nitrogen and oxygen atoms in total. The Bertz CT molecular complexity index is 259. The van der Waals surface area contributed by atoms with Gasteiger partial charge in [0.2, 0.25) is 5.91 Å². The molecule has 0 aromatic rings. The normalized spacial score (nSPS) is 24.6. The van der Waals surface area contributed by atoms with E-state index in [-0.39, 0.29) is 11.9 Å². The minimum Gasteiger partial charge on any atom is -0.352 e. The first-order valence-electron chi connectivity index (χ1n) is 6.94. The van der Waals surface area contributed by atoms with Crippen LogP contribution in [0.5, 0.6) is 0 Å². The van der Waals surface area contributed by atoms with Crippen molar-refractivity contribution in [3.05, 3.63) is 0 Å². The molecular weight excluding hydrogens is 214 g/mol. The van der Waals surface area contributed by atoms with Crippen molar-refractivity contribution in [3.8, 4) is 0 Å². The van der Waals surface area contributed by atoms with E-state index in [2.05, 4.69) is 22.5 Å². The average molecular weight is 239 g/mol. The first kappa shape index (κ1) is 12.8. The molecule has 0 bridgehead atoms. The molecule has 2 fully saturated rings. The summed E-state index contributed by atoms with van der Waals surface area (Å²) in [6, 6.07) is 0.766. The van der Waals surface area contributed by atoms with Gasteiger partial charge < -0.3 is 15.5 Å². The van der Waals surface area contributed by atoms with Gasteiger partial charge in [-0.25, -0.2) is 0 Å². The van der Waals surface area contributed by atoms with Crippen LogP contribution in [-0.2, 0) is 4.79 Å². The largest absolute Gasteiger partial charge is 0.352 e. The van der Waals surface area contributed by atoms with Gasteiger partial charge in [-0.15, -0.1) is 0 Å². The average Bonchev–Trinajstić information content (AvgIpc) is 2.93. The number of rotatable bonds is 6. The smallest absolute Gasteiger partial charge is 0.237 e. The molecule has 4 heteroatoms. The van der Waals surface area contributed by atoms with Gasteiger partial charge in [-0.1, -0.05) is 0 Å². The zero-order chi connectivity index (χ0) is 12.3. The number of hydrogen-bond acceptors (Lipinski definition) is 3. The lowest BCUT2D eigenvalue weighted by Gasteiger charge is -2.24. The van der Waals surface area contributed by atoms with Crippen molar-refractivity contribution in [2.24, 2.45) is 0 Å². The Morgan fingerprint density at radius 1 is 1.29 bits per heavy atom.